The highest BCUT2D eigenvalue weighted by Crippen LogP contribution is 2.34. The summed E-state index contributed by atoms with van der Waals surface area (Å²) in [5.41, 5.74) is 5.49. The van der Waals surface area contributed by atoms with Crippen LogP contribution in [-0.2, 0) is 12.8 Å². The molecule has 4 nitrogen and oxygen atoms in total. The van der Waals surface area contributed by atoms with Gasteiger partial charge in [0, 0.05) is 42.7 Å². The van der Waals surface area contributed by atoms with Crippen LogP contribution in [0.3, 0.4) is 0 Å². The number of rotatable bonds is 6. The zero-order valence-corrected chi connectivity index (χ0v) is 15.3. The lowest BCUT2D eigenvalue weighted by Crippen LogP contribution is -2.39. The fourth-order valence-electron chi connectivity index (χ4n) is 3.72. The number of aromatic amines is 1. The fraction of sp³-hybridized carbons (Fsp3) is 0.318. The van der Waals surface area contributed by atoms with E-state index < -0.39 is 0 Å². The number of nitrogens with zero attached hydrogens (tertiary/aromatic N) is 1. The minimum atomic E-state index is 0.565. The van der Waals surface area contributed by atoms with E-state index in [9.17, 15) is 0 Å². The Kier molecular flexibility index (Phi) is 4.91. The normalized spacial score (nSPS) is 16.2. The first-order chi connectivity index (χ1) is 12.8. The average Bonchev–Trinajstić information content (AvgIpc) is 3.06. The molecule has 26 heavy (non-hydrogen) atoms. The summed E-state index contributed by atoms with van der Waals surface area (Å²) in [5.74, 6) is 1.48. The Morgan fingerprint density at radius 3 is 2.85 bits per heavy atom. The van der Waals surface area contributed by atoms with Crippen molar-refractivity contribution in [2.24, 2.45) is 4.99 Å². The molecule has 1 aliphatic rings. The van der Waals surface area contributed by atoms with Crippen molar-refractivity contribution >= 4 is 16.9 Å². The highest BCUT2D eigenvalue weighted by molar-refractivity contribution is 5.83. The topological polar surface area (TPSA) is 52.2 Å². The maximum Gasteiger partial charge on any atom is 0.191 e. The zero-order valence-electron chi connectivity index (χ0n) is 15.3. The summed E-state index contributed by atoms with van der Waals surface area (Å²) in [6.45, 7) is 4.70. The van der Waals surface area contributed by atoms with Crippen LogP contribution in [0.1, 0.15) is 29.5 Å². The molecule has 3 N–H and O–H groups in total. The zero-order chi connectivity index (χ0) is 17.8. The molecule has 0 spiro atoms. The first-order valence-corrected chi connectivity index (χ1v) is 9.50. The number of aromatic nitrogens is 1. The molecule has 0 amide bonds. The van der Waals surface area contributed by atoms with Crippen LogP contribution in [-0.4, -0.2) is 30.6 Å². The lowest BCUT2D eigenvalue weighted by Gasteiger charge is -2.28. The molecule has 1 heterocycles. The van der Waals surface area contributed by atoms with Gasteiger partial charge in [-0.15, -0.1) is 0 Å². The average molecular weight is 346 g/mol. The van der Waals surface area contributed by atoms with Gasteiger partial charge in [0.15, 0.2) is 5.96 Å². The molecule has 4 rings (SSSR count). The number of aliphatic imine (C=N–C) groups is 1. The molecular formula is C22H26N4. The molecule has 0 aliphatic heterocycles. The van der Waals surface area contributed by atoms with Gasteiger partial charge in [-0.05, 0) is 42.5 Å². The molecule has 4 heteroatoms. The van der Waals surface area contributed by atoms with E-state index in [2.05, 4.69) is 77.3 Å². The van der Waals surface area contributed by atoms with Gasteiger partial charge >= 0.3 is 0 Å². The monoisotopic (exact) mass is 346 g/mol. The predicted octanol–water partition coefficient (Wildman–Crippen LogP) is 3.61. The highest BCUT2D eigenvalue weighted by Gasteiger charge is 2.24. The third-order valence-electron chi connectivity index (χ3n) is 5.14. The molecule has 0 fully saturated rings. The number of guanidine groups is 1. The van der Waals surface area contributed by atoms with Gasteiger partial charge in [-0.3, -0.25) is 4.99 Å². The van der Waals surface area contributed by atoms with E-state index in [1.165, 1.54) is 27.6 Å². The quantitative estimate of drug-likeness (QED) is 0.472. The van der Waals surface area contributed by atoms with Crippen LogP contribution in [0.4, 0.5) is 0 Å². The summed E-state index contributed by atoms with van der Waals surface area (Å²) in [7, 11) is 0. The van der Waals surface area contributed by atoms with Crippen molar-refractivity contribution in [2.45, 2.75) is 25.7 Å². The summed E-state index contributed by atoms with van der Waals surface area (Å²) in [6.07, 6.45) is 4.23. The Morgan fingerprint density at radius 1 is 1.12 bits per heavy atom. The van der Waals surface area contributed by atoms with Gasteiger partial charge in [0.1, 0.15) is 0 Å². The molecule has 0 saturated carbocycles. The van der Waals surface area contributed by atoms with E-state index in [0.29, 0.717) is 5.92 Å². The summed E-state index contributed by atoms with van der Waals surface area (Å²) < 4.78 is 0. The van der Waals surface area contributed by atoms with Crippen LogP contribution >= 0.6 is 0 Å². The van der Waals surface area contributed by atoms with E-state index in [1.807, 2.05) is 0 Å². The molecule has 3 aromatic rings. The largest absolute Gasteiger partial charge is 0.361 e. The van der Waals surface area contributed by atoms with Crippen LogP contribution in [0, 0.1) is 0 Å². The smallest absolute Gasteiger partial charge is 0.191 e. The minimum Gasteiger partial charge on any atom is -0.361 e. The molecule has 134 valence electrons. The molecule has 2 aromatic carbocycles. The number of hydrogen-bond donors (Lipinski definition) is 3. The van der Waals surface area contributed by atoms with Crippen LogP contribution < -0.4 is 10.6 Å². The number of nitrogens with one attached hydrogen (secondary N) is 3. The third-order valence-corrected chi connectivity index (χ3v) is 5.14. The van der Waals surface area contributed by atoms with Crippen molar-refractivity contribution in [3.05, 3.63) is 71.4 Å². The summed E-state index contributed by atoms with van der Waals surface area (Å²) in [6, 6.07) is 17.2. The molecular weight excluding hydrogens is 320 g/mol. The molecule has 0 radical (unpaired) electrons. The maximum absolute atomic E-state index is 4.80. The van der Waals surface area contributed by atoms with Gasteiger partial charge in [0.25, 0.3) is 0 Å². The third kappa shape index (κ3) is 3.45. The minimum absolute atomic E-state index is 0.565. The van der Waals surface area contributed by atoms with Crippen LogP contribution in [0.25, 0.3) is 10.9 Å². The highest BCUT2D eigenvalue weighted by atomic mass is 15.2. The first kappa shape index (κ1) is 16.7. The lowest BCUT2D eigenvalue weighted by molar-refractivity contribution is 0.614. The summed E-state index contributed by atoms with van der Waals surface area (Å²) >= 11 is 0. The Morgan fingerprint density at radius 2 is 1.96 bits per heavy atom. The predicted molar refractivity (Wildman–Crippen MR) is 109 cm³/mol. The van der Waals surface area contributed by atoms with Gasteiger partial charge in [-0.2, -0.15) is 0 Å². The van der Waals surface area contributed by atoms with Crippen LogP contribution in [0.2, 0.25) is 0 Å². The van der Waals surface area contributed by atoms with E-state index in [4.69, 9.17) is 4.99 Å². The second-order valence-corrected chi connectivity index (χ2v) is 6.86. The lowest BCUT2D eigenvalue weighted by atomic mass is 9.78. The molecule has 0 bridgehead atoms. The van der Waals surface area contributed by atoms with Crippen molar-refractivity contribution < 1.29 is 0 Å². The van der Waals surface area contributed by atoms with Crippen molar-refractivity contribution in [1.29, 1.82) is 0 Å². The van der Waals surface area contributed by atoms with E-state index in [-0.39, 0.29) is 0 Å². The standard InChI is InChI=1S/C22H26N4/c1-2-23-22(26-15-18-13-16-7-3-4-8-19(16)18)24-12-11-17-14-25-21-10-6-5-9-20(17)21/h3-10,14,18,25H,2,11-13,15H2,1H3,(H2,23,24,26). The van der Waals surface area contributed by atoms with Crippen molar-refractivity contribution in [2.75, 3.05) is 19.6 Å². The Balaban J connectivity index is 1.34. The second-order valence-electron chi connectivity index (χ2n) is 6.86. The SMILES string of the molecule is CCNC(=NCC1Cc2ccccc21)NCCc1c[nH]c2ccccc12. The van der Waals surface area contributed by atoms with Gasteiger partial charge in [0.05, 0.1) is 0 Å². The van der Waals surface area contributed by atoms with Gasteiger partial charge < -0.3 is 15.6 Å². The van der Waals surface area contributed by atoms with Crippen molar-refractivity contribution in [3.63, 3.8) is 0 Å². The Bertz CT molecular complexity index is 909. The van der Waals surface area contributed by atoms with Crippen molar-refractivity contribution in [1.82, 2.24) is 15.6 Å². The van der Waals surface area contributed by atoms with Gasteiger partial charge in [-0.1, -0.05) is 42.5 Å². The number of para-hydroxylation sites is 1. The molecule has 1 atom stereocenters. The Labute approximate surface area is 154 Å². The van der Waals surface area contributed by atoms with Crippen molar-refractivity contribution in [3.8, 4) is 0 Å². The maximum atomic E-state index is 4.80. The van der Waals surface area contributed by atoms with Gasteiger partial charge in [-0.25, -0.2) is 0 Å². The van der Waals surface area contributed by atoms with Crippen LogP contribution in [0.5, 0.6) is 0 Å². The number of H-pyrrole nitrogens is 1. The number of hydrogen-bond acceptors (Lipinski definition) is 1. The molecule has 1 aromatic heterocycles. The molecule has 1 aliphatic carbocycles. The second kappa shape index (κ2) is 7.65. The first-order valence-electron chi connectivity index (χ1n) is 9.50. The fourth-order valence-corrected chi connectivity index (χ4v) is 3.72. The number of fused-ring (bicyclic) bond motifs is 2. The van der Waals surface area contributed by atoms with Gasteiger partial charge in [0.2, 0.25) is 0 Å². The van der Waals surface area contributed by atoms with E-state index in [0.717, 1.165) is 38.4 Å². The van der Waals surface area contributed by atoms with Crippen LogP contribution in [0.15, 0.2) is 59.7 Å². The summed E-state index contributed by atoms with van der Waals surface area (Å²) in [4.78, 5) is 8.14. The van der Waals surface area contributed by atoms with E-state index >= 15 is 0 Å². The molecule has 0 saturated heterocycles. The summed E-state index contributed by atoms with van der Waals surface area (Å²) in [5, 5.41) is 8.14. The van der Waals surface area contributed by atoms with E-state index in [1.54, 1.807) is 0 Å². The Hall–Kier alpha value is -2.75. The number of benzene rings is 2. The molecule has 1 unspecified atom stereocenters.